The van der Waals surface area contributed by atoms with E-state index in [0.717, 1.165) is 0 Å². The molecule has 13 heteroatoms. The van der Waals surface area contributed by atoms with Crippen LogP contribution in [0, 0.1) is 0 Å². The first-order chi connectivity index (χ1) is 11.6. The highest BCUT2D eigenvalue weighted by molar-refractivity contribution is 5.91. The molecule has 0 aromatic carbocycles. The number of aliphatic hydroxyl groups is 4. The normalized spacial score (nSPS) is 17.3. The minimum Gasteiger partial charge on any atom is -0.481 e. The molecule has 0 radical (unpaired) electrons. The number of aliphatic hydroxyl groups excluding tert-OH is 4. The average molecular weight is 372 g/mol. The molecule has 0 amide bonds. The van der Waals surface area contributed by atoms with Crippen LogP contribution < -0.4 is 0 Å². The lowest BCUT2D eigenvalue weighted by atomic mass is 9.92. The van der Waals surface area contributed by atoms with Gasteiger partial charge in [-0.3, -0.25) is 4.79 Å². The number of aliphatic carboxylic acids is 3. The molecule has 4 unspecified atom stereocenters. The van der Waals surface area contributed by atoms with Crippen LogP contribution in [-0.4, -0.2) is 104 Å². The number of carboxylic acid groups (broad SMARTS) is 3. The minimum absolute atomic E-state index is 0.788. The first-order valence-corrected chi connectivity index (χ1v) is 6.78. The second-order valence-electron chi connectivity index (χ2n) is 4.86. The Hall–Kier alpha value is -1.87. The third-order valence-corrected chi connectivity index (χ3v) is 2.77. The van der Waals surface area contributed by atoms with Crippen LogP contribution in [0.2, 0.25) is 0 Å². The zero-order valence-corrected chi connectivity index (χ0v) is 12.8. The lowest BCUT2D eigenvalue weighted by Crippen LogP contribution is -2.58. The Balaban J connectivity index is 5.55. The van der Waals surface area contributed by atoms with Gasteiger partial charge in [0.25, 0.3) is 0 Å². The van der Waals surface area contributed by atoms with Crippen molar-refractivity contribution < 1.29 is 64.6 Å². The van der Waals surface area contributed by atoms with Crippen molar-refractivity contribution in [3.05, 3.63) is 0 Å². The molecule has 0 aliphatic carbocycles. The molecule has 0 aliphatic rings. The van der Waals surface area contributed by atoms with E-state index in [9.17, 15) is 24.6 Å². The maximum Gasteiger partial charge on any atom is 0.343 e. The Kier molecular flexibility index (Phi) is 10.1. The number of carbonyl (C=O) groups is 3. The fraction of sp³-hybridized carbons (Fsp3) is 0.750. The number of ether oxygens (including phenoxy) is 1. The summed E-state index contributed by atoms with van der Waals surface area (Å²) in [6.07, 6.45) is -6.93. The number of carboxylic acids is 3. The second kappa shape index (κ2) is 10.9. The Morgan fingerprint density at radius 3 is 1.84 bits per heavy atom. The molecule has 0 heterocycles. The van der Waals surface area contributed by atoms with Gasteiger partial charge in [0.15, 0.2) is 6.10 Å². The van der Waals surface area contributed by atoms with E-state index in [4.69, 9.17) is 30.3 Å². The molecule has 0 aliphatic heterocycles. The third-order valence-electron chi connectivity index (χ3n) is 2.77. The standard InChI is InChI=1S/C12H20O13/c13-2-6(15)4-23-9(10(19)20)12(11(21)22,1-8(17)18)25-24-5-7(16)3-14/h6-7,9,13-16H,1-5H2,(H,17,18)(H,19,20)(H,21,22). The number of hydrogen-bond acceptors (Lipinski definition) is 10. The molecule has 4 atom stereocenters. The van der Waals surface area contributed by atoms with Crippen molar-refractivity contribution in [3.8, 4) is 0 Å². The maximum absolute atomic E-state index is 11.5. The highest BCUT2D eigenvalue weighted by atomic mass is 17.2. The van der Waals surface area contributed by atoms with Crippen LogP contribution in [0.15, 0.2) is 0 Å². The average Bonchev–Trinajstić information content (AvgIpc) is 2.52. The SMILES string of the molecule is O=C(O)CC(OOCC(O)CO)(C(=O)O)C(OCC(O)CO)C(=O)O. The highest BCUT2D eigenvalue weighted by Crippen LogP contribution is 2.26. The zero-order valence-electron chi connectivity index (χ0n) is 12.8. The van der Waals surface area contributed by atoms with Gasteiger partial charge in [-0.15, -0.1) is 0 Å². The van der Waals surface area contributed by atoms with Gasteiger partial charge >= 0.3 is 17.9 Å². The smallest absolute Gasteiger partial charge is 0.343 e. The van der Waals surface area contributed by atoms with E-state index >= 15 is 0 Å². The van der Waals surface area contributed by atoms with Crippen LogP contribution in [0.5, 0.6) is 0 Å². The van der Waals surface area contributed by atoms with E-state index in [2.05, 4.69) is 9.78 Å². The van der Waals surface area contributed by atoms with Gasteiger partial charge in [-0.2, -0.15) is 0 Å². The van der Waals surface area contributed by atoms with Crippen molar-refractivity contribution in [1.82, 2.24) is 0 Å². The van der Waals surface area contributed by atoms with Crippen LogP contribution in [-0.2, 0) is 28.9 Å². The molecule has 0 saturated heterocycles. The largest absolute Gasteiger partial charge is 0.481 e. The maximum atomic E-state index is 11.5. The molecule has 0 spiro atoms. The predicted molar refractivity (Wildman–Crippen MR) is 73.2 cm³/mol. The number of rotatable bonds is 14. The zero-order chi connectivity index (χ0) is 19.6. The van der Waals surface area contributed by atoms with Crippen LogP contribution in [0.1, 0.15) is 6.42 Å². The van der Waals surface area contributed by atoms with Gasteiger partial charge in [0.05, 0.1) is 26.2 Å². The van der Waals surface area contributed by atoms with Crippen LogP contribution in [0.3, 0.4) is 0 Å². The molecule has 13 nitrogen and oxygen atoms in total. The van der Waals surface area contributed by atoms with Gasteiger partial charge in [-0.25, -0.2) is 19.4 Å². The summed E-state index contributed by atoms with van der Waals surface area (Å²) in [4.78, 5) is 42.7. The van der Waals surface area contributed by atoms with Crippen molar-refractivity contribution in [2.45, 2.75) is 30.3 Å². The predicted octanol–water partition coefficient (Wildman–Crippen LogP) is -3.59. The van der Waals surface area contributed by atoms with Crippen molar-refractivity contribution in [2.75, 3.05) is 26.4 Å². The van der Waals surface area contributed by atoms with Crippen molar-refractivity contribution in [2.24, 2.45) is 0 Å². The number of hydrogen-bond donors (Lipinski definition) is 7. The van der Waals surface area contributed by atoms with Crippen LogP contribution in [0.25, 0.3) is 0 Å². The lowest BCUT2D eigenvalue weighted by Gasteiger charge is -2.32. The second-order valence-corrected chi connectivity index (χ2v) is 4.86. The lowest BCUT2D eigenvalue weighted by molar-refractivity contribution is -0.377. The molecule has 146 valence electrons. The summed E-state index contributed by atoms with van der Waals surface area (Å²) in [6.45, 7) is -3.25. The van der Waals surface area contributed by atoms with Gasteiger partial charge in [0, 0.05) is 0 Å². The van der Waals surface area contributed by atoms with E-state index in [1.165, 1.54) is 0 Å². The van der Waals surface area contributed by atoms with Gasteiger partial charge in [0.2, 0.25) is 5.60 Å². The quantitative estimate of drug-likeness (QED) is 0.116. The fourth-order valence-corrected chi connectivity index (χ4v) is 1.55. The van der Waals surface area contributed by atoms with E-state index in [1.54, 1.807) is 0 Å². The van der Waals surface area contributed by atoms with Crippen LogP contribution in [0.4, 0.5) is 0 Å². The van der Waals surface area contributed by atoms with Gasteiger partial charge in [0.1, 0.15) is 18.8 Å². The third kappa shape index (κ3) is 7.27. The Morgan fingerprint density at radius 1 is 0.920 bits per heavy atom. The first-order valence-electron chi connectivity index (χ1n) is 6.78. The van der Waals surface area contributed by atoms with Crippen LogP contribution >= 0.6 is 0 Å². The van der Waals surface area contributed by atoms with E-state index in [-0.39, 0.29) is 0 Å². The summed E-state index contributed by atoms with van der Waals surface area (Å²) < 4.78 is 4.70. The molecule has 0 bridgehead atoms. The van der Waals surface area contributed by atoms with Crippen molar-refractivity contribution in [3.63, 3.8) is 0 Å². The summed E-state index contributed by atoms with van der Waals surface area (Å²) in [5.74, 6) is -5.79. The molecule has 0 fully saturated rings. The van der Waals surface area contributed by atoms with Crippen molar-refractivity contribution >= 4 is 17.9 Å². The van der Waals surface area contributed by atoms with Crippen molar-refractivity contribution in [1.29, 1.82) is 0 Å². The van der Waals surface area contributed by atoms with Gasteiger partial charge in [-0.05, 0) is 0 Å². The molecule has 0 saturated carbocycles. The molecular weight excluding hydrogens is 352 g/mol. The fourth-order valence-electron chi connectivity index (χ4n) is 1.55. The summed E-state index contributed by atoms with van der Waals surface area (Å²) in [5, 5.41) is 62.9. The van der Waals surface area contributed by atoms with E-state index < -0.39 is 74.7 Å². The molecule has 0 rings (SSSR count). The van der Waals surface area contributed by atoms with E-state index in [0.29, 0.717) is 0 Å². The summed E-state index contributed by atoms with van der Waals surface area (Å²) in [7, 11) is 0. The molecule has 0 aromatic rings. The first kappa shape index (κ1) is 23.1. The van der Waals surface area contributed by atoms with Gasteiger partial charge in [-0.1, -0.05) is 0 Å². The Labute approximate surface area is 140 Å². The molecule has 7 N–H and O–H groups in total. The molecule has 0 aromatic heterocycles. The minimum atomic E-state index is -3.08. The molecular formula is C12H20O13. The monoisotopic (exact) mass is 372 g/mol. The highest BCUT2D eigenvalue weighted by Gasteiger charge is 2.56. The van der Waals surface area contributed by atoms with Gasteiger partial charge < -0.3 is 40.5 Å². The Morgan fingerprint density at radius 2 is 1.44 bits per heavy atom. The van der Waals surface area contributed by atoms with E-state index in [1.807, 2.05) is 0 Å². The Bertz CT molecular complexity index is 452. The summed E-state index contributed by atoms with van der Waals surface area (Å²) in [5.41, 5.74) is -3.08. The topological polar surface area (TPSA) is 221 Å². The molecule has 25 heavy (non-hydrogen) atoms. The summed E-state index contributed by atoms with van der Waals surface area (Å²) in [6, 6.07) is 0. The summed E-state index contributed by atoms with van der Waals surface area (Å²) >= 11 is 0.